The third-order valence-corrected chi connectivity index (χ3v) is 3.76. The van der Waals surface area contributed by atoms with Crippen LogP contribution in [0.25, 0.3) is 0 Å². The van der Waals surface area contributed by atoms with E-state index in [4.69, 9.17) is 22.3 Å². The third-order valence-electron chi connectivity index (χ3n) is 3.76. The van der Waals surface area contributed by atoms with E-state index in [9.17, 15) is 9.90 Å². The standard InChI is InChI=1S/C12H24N4O3/c1-2-3-4-7(13)9-8(16-12(14)15)5-6(10(9)17)11(18)19/h6-10,17H,2-5,13H2,1H3,(H,18,19)(H4,14,15,16). The number of nitrogens with zero attached hydrogens (tertiary/aromatic N) is 1. The lowest BCUT2D eigenvalue weighted by molar-refractivity contribution is -0.145. The van der Waals surface area contributed by atoms with Gasteiger partial charge in [0.15, 0.2) is 5.96 Å². The minimum atomic E-state index is -1.03. The van der Waals surface area contributed by atoms with Crippen molar-refractivity contribution in [2.75, 3.05) is 0 Å². The summed E-state index contributed by atoms with van der Waals surface area (Å²) in [6, 6.07) is -0.722. The van der Waals surface area contributed by atoms with Crippen LogP contribution in [0, 0.1) is 11.8 Å². The Bertz CT molecular complexity index is 344. The molecule has 1 aliphatic carbocycles. The second-order valence-corrected chi connectivity index (χ2v) is 5.18. The molecule has 0 heterocycles. The summed E-state index contributed by atoms with van der Waals surface area (Å²) in [6.07, 6.45) is 1.86. The molecule has 0 aliphatic heterocycles. The van der Waals surface area contributed by atoms with Crippen LogP contribution in [-0.4, -0.2) is 40.3 Å². The molecule has 1 saturated carbocycles. The summed E-state index contributed by atoms with van der Waals surface area (Å²) < 4.78 is 0. The van der Waals surface area contributed by atoms with Crippen molar-refractivity contribution in [2.45, 2.75) is 50.8 Å². The number of carbonyl (C=O) groups is 1. The molecule has 7 heteroatoms. The van der Waals surface area contributed by atoms with Gasteiger partial charge in [0, 0.05) is 12.0 Å². The van der Waals surface area contributed by atoms with Gasteiger partial charge in [0.25, 0.3) is 0 Å². The first-order valence-corrected chi connectivity index (χ1v) is 6.63. The minimum Gasteiger partial charge on any atom is -0.481 e. The highest BCUT2D eigenvalue weighted by molar-refractivity contribution is 5.76. The smallest absolute Gasteiger partial charge is 0.309 e. The summed E-state index contributed by atoms with van der Waals surface area (Å²) >= 11 is 0. The Hall–Kier alpha value is -1.34. The largest absolute Gasteiger partial charge is 0.481 e. The first-order chi connectivity index (χ1) is 8.88. The maximum absolute atomic E-state index is 11.1. The van der Waals surface area contributed by atoms with Crippen molar-refractivity contribution in [3.63, 3.8) is 0 Å². The van der Waals surface area contributed by atoms with Gasteiger partial charge in [0.2, 0.25) is 0 Å². The first-order valence-electron chi connectivity index (χ1n) is 6.63. The number of nitrogens with two attached hydrogens (primary N) is 3. The molecule has 0 spiro atoms. The number of unbranched alkanes of at least 4 members (excludes halogenated alkanes) is 1. The van der Waals surface area contributed by atoms with E-state index in [1.807, 2.05) is 6.92 Å². The van der Waals surface area contributed by atoms with Crippen LogP contribution in [0.5, 0.6) is 0 Å². The molecule has 1 rings (SSSR count). The molecule has 5 unspecified atom stereocenters. The van der Waals surface area contributed by atoms with Crippen molar-refractivity contribution in [2.24, 2.45) is 34.0 Å². The molecule has 0 aromatic heterocycles. The van der Waals surface area contributed by atoms with Crippen LogP contribution in [0.3, 0.4) is 0 Å². The van der Waals surface area contributed by atoms with Gasteiger partial charge in [-0.15, -0.1) is 0 Å². The van der Waals surface area contributed by atoms with E-state index in [1.54, 1.807) is 0 Å². The Morgan fingerprint density at radius 1 is 1.47 bits per heavy atom. The lowest BCUT2D eigenvalue weighted by atomic mass is 9.89. The molecule has 7 nitrogen and oxygen atoms in total. The number of rotatable bonds is 6. The van der Waals surface area contributed by atoms with Gasteiger partial charge in [0.05, 0.1) is 18.1 Å². The minimum absolute atomic E-state index is 0.101. The van der Waals surface area contributed by atoms with Gasteiger partial charge in [-0.2, -0.15) is 0 Å². The molecule has 5 atom stereocenters. The fourth-order valence-corrected chi connectivity index (χ4v) is 2.80. The van der Waals surface area contributed by atoms with E-state index < -0.39 is 30.0 Å². The summed E-state index contributed by atoms with van der Waals surface area (Å²) in [4.78, 5) is 15.2. The van der Waals surface area contributed by atoms with Crippen LogP contribution in [0.15, 0.2) is 4.99 Å². The molecule has 0 aromatic carbocycles. The van der Waals surface area contributed by atoms with Gasteiger partial charge in [0.1, 0.15) is 0 Å². The summed E-state index contributed by atoms with van der Waals surface area (Å²) in [5.74, 6) is -2.40. The van der Waals surface area contributed by atoms with E-state index >= 15 is 0 Å². The summed E-state index contributed by atoms with van der Waals surface area (Å²) in [5.41, 5.74) is 16.8. The number of hydrogen-bond donors (Lipinski definition) is 5. The molecule has 1 aliphatic rings. The van der Waals surface area contributed by atoms with Gasteiger partial charge in [-0.05, 0) is 12.8 Å². The number of aliphatic imine (C=N–C) groups is 1. The van der Waals surface area contributed by atoms with E-state index in [-0.39, 0.29) is 18.4 Å². The monoisotopic (exact) mass is 272 g/mol. The lowest BCUT2D eigenvalue weighted by Gasteiger charge is -2.26. The Morgan fingerprint density at radius 2 is 2.11 bits per heavy atom. The Labute approximate surface area is 112 Å². The highest BCUT2D eigenvalue weighted by atomic mass is 16.4. The Balaban J connectivity index is 2.87. The number of aliphatic hydroxyl groups excluding tert-OH is 1. The van der Waals surface area contributed by atoms with Crippen molar-refractivity contribution in [1.82, 2.24) is 0 Å². The van der Waals surface area contributed by atoms with Crippen molar-refractivity contribution in [3.8, 4) is 0 Å². The molecule has 0 bridgehead atoms. The quantitative estimate of drug-likeness (QED) is 0.316. The topological polar surface area (TPSA) is 148 Å². The highest BCUT2D eigenvalue weighted by Crippen LogP contribution is 2.37. The first kappa shape index (κ1) is 15.7. The summed E-state index contributed by atoms with van der Waals surface area (Å²) in [6.45, 7) is 2.05. The van der Waals surface area contributed by atoms with Crippen LogP contribution in [0.2, 0.25) is 0 Å². The highest BCUT2D eigenvalue weighted by Gasteiger charge is 2.48. The van der Waals surface area contributed by atoms with Crippen LogP contribution < -0.4 is 17.2 Å². The predicted octanol–water partition coefficient (Wildman–Crippen LogP) is -0.772. The molecular formula is C12H24N4O3. The summed E-state index contributed by atoms with van der Waals surface area (Å²) in [7, 11) is 0. The zero-order chi connectivity index (χ0) is 14.6. The SMILES string of the molecule is CCCCC(N)C1C(N=C(N)N)CC(C(=O)O)C1O. The number of aliphatic carboxylic acids is 1. The number of guanidine groups is 1. The van der Waals surface area contributed by atoms with Gasteiger partial charge >= 0.3 is 5.97 Å². The summed E-state index contributed by atoms with van der Waals surface area (Å²) in [5, 5.41) is 19.3. The van der Waals surface area contributed by atoms with Gasteiger partial charge in [-0.1, -0.05) is 19.8 Å². The molecule has 0 radical (unpaired) electrons. The average Bonchev–Trinajstić information content (AvgIpc) is 2.62. The fraction of sp³-hybridized carbons (Fsp3) is 0.833. The molecule has 8 N–H and O–H groups in total. The Morgan fingerprint density at radius 3 is 2.58 bits per heavy atom. The maximum atomic E-state index is 11.1. The number of carboxylic acids is 1. The molecule has 19 heavy (non-hydrogen) atoms. The van der Waals surface area contributed by atoms with Crippen LogP contribution in [0.1, 0.15) is 32.6 Å². The zero-order valence-corrected chi connectivity index (χ0v) is 11.2. The van der Waals surface area contributed by atoms with E-state index in [2.05, 4.69) is 4.99 Å². The van der Waals surface area contributed by atoms with E-state index in [1.165, 1.54) is 0 Å². The van der Waals surface area contributed by atoms with Crippen molar-refractivity contribution < 1.29 is 15.0 Å². The Kier molecular flexibility index (Phi) is 5.56. The van der Waals surface area contributed by atoms with Crippen molar-refractivity contribution in [1.29, 1.82) is 0 Å². The zero-order valence-electron chi connectivity index (χ0n) is 11.2. The van der Waals surface area contributed by atoms with Crippen LogP contribution in [-0.2, 0) is 4.79 Å². The molecule has 1 fully saturated rings. The van der Waals surface area contributed by atoms with E-state index in [0.717, 1.165) is 19.3 Å². The molecule has 0 aromatic rings. The normalized spacial score (nSPS) is 31.9. The number of aliphatic hydroxyl groups is 1. The van der Waals surface area contributed by atoms with Crippen LogP contribution in [0.4, 0.5) is 0 Å². The van der Waals surface area contributed by atoms with E-state index in [0.29, 0.717) is 0 Å². The third kappa shape index (κ3) is 3.81. The maximum Gasteiger partial charge on any atom is 0.309 e. The molecule has 0 saturated heterocycles. The lowest BCUT2D eigenvalue weighted by Crippen LogP contribution is -2.42. The molecular weight excluding hydrogens is 248 g/mol. The van der Waals surface area contributed by atoms with Crippen LogP contribution >= 0.6 is 0 Å². The number of hydrogen-bond acceptors (Lipinski definition) is 4. The fourth-order valence-electron chi connectivity index (χ4n) is 2.80. The van der Waals surface area contributed by atoms with Gasteiger partial charge in [-0.25, -0.2) is 4.99 Å². The van der Waals surface area contributed by atoms with Crippen molar-refractivity contribution >= 4 is 11.9 Å². The molecule has 0 amide bonds. The van der Waals surface area contributed by atoms with Gasteiger partial charge in [-0.3, -0.25) is 4.79 Å². The van der Waals surface area contributed by atoms with Crippen molar-refractivity contribution in [3.05, 3.63) is 0 Å². The average molecular weight is 272 g/mol. The second kappa shape index (κ2) is 6.72. The second-order valence-electron chi connectivity index (χ2n) is 5.18. The van der Waals surface area contributed by atoms with Gasteiger partial charge < -0.3 is 27.4 Å². The molecule has 110 valence electrons. The predicted molar refractivity (Wildman–Crippen MR) is 72.3 cm³/mol. The number of carboxylic acid groups (broad SMARTS) is 1.